The van der Waals surface area contributed by atoms with Gasteiger partial charge in [0.2, 0.25) is 0 Å². The fraction of sp³-hybridized carbons (Fsp3) is 0.0909. The lowest BCUT2D eigenvalue weighted by molar-refractivity contribution is 0.355. The Kier molecular flexibility index (Phi) is 2.15. The van der Waals surface area contributed by atoms with Gasteiger partial charge in [-0.3, -0.25) is 5.11 Å². The van der Waals surface area contributed by atoms with Crippen LogP contribution in [-0.2, 0) is 5.11 Å². The van der Waals surface area contributed by atoms with E-state index in [0.717, 1.165) is 10.8 Å². The summed E-state index contributed by atoms with van der Waals surface area (Å²) >= 11 is 1.71. The average Bonchev–Trinajstić information content (AvgIpc) is 2.17. The lowest BCUT2D eigenvalue weighted by Gasteiger charge is -1.99. The second kappa shape index (κ2) is 3.30. The summed E-state index contributed by atoms with van der Waals surface area (Å²) in [7, 11) is 0. The van der Waals surface area contributed by atoms with Crippen molar-refractivity contribution in [2.45, 2.75) is 4.90 Å². The molecule has 2 rings (SSSR count). The molecular formula is C11H9OS. The van der Waals surface area contributed by atoms with E-state index in [0.29, 0.717) is 0 Å². The molecule has 0 aliphatic carbocycles. The Morgan fingerprint density at radius 1 is 1.00 bits per heavy atom. The first-order chi connectivity index (χ1) is 6.29. The zero-order valence-corrected chi connectivity index (χ0v) is 8.10. The Bertz CT molecular complexity index is 437. The van der Waals surface area contributed by atoms with Crippen LogP contribution in [0, 0.1) is 0 Å². The van der Waals surface area contributed by atoms with Crippen LogP contribution in [0.2, 0.25) is 0 Å². The standard InChI is InChI=1S/C11H9OS/c1-13-11-5-3-8-6-10(12)4-2-9(8)7-11/h2-7H,1H3. The summed E-state index contributed by atoms with van der Waals surface area (Å²) in [6.07, 6.45) is 2.04. The molecule has 0 aromatic heterocycles. The number of benzene rings is 2. The Morgan fingerprint density at radius 3 is 2.46 bits per heavy atom. The van der Waals surface area contributed by atoms with Crippen LogP contribution < -0.4 is 0 Å². The SMILES string of the molecule is CSc1ccc2cc([O])ccc2c1. The maximum absolute atomic E-state index is 11.0. The summed E-state index contributed by atoms with van der Waals surface area (Å²) in [5.41, 5.74) is 0. The Labute approximate surface area is 81.4 Å². The van der Waals surface area contributed by atoms with Crippen molar-refractivity contribution < 1.29 is 5.11 Å². The van der Waals surface area contributed by atoms with E-state index in [1.807, 2.05) is 24.5 Å². The van der Waals surface area contributed by atoms with Gasteiger partial charge in [0, 0.05) is 4.90 Å². The van der Waals surface area contributed by atoms with Crippen LogP contribution in [0.15, 0.2) is 41.3 Å². The molecule has 0 atom stereocenters. The summed E-state index contributed by atoms with van der Waals surface area (Å²) in [5.74, 6) is 0.0735. The molecule has 2 aromatic carbocycles. The smallest absolute Gasteiger partial charge is 0.179 e. The Hall–Kier alpha value is -1.15. The number of hydrogen-bond donors (Lipinski definition) is 0. The monoisotopic (exact) mass is 189 g/mol. The minimum atomic E-state index is 0.0735. The van der Waals surface area contributed by atoms with Gasteiger partial charge in [-0.1, -0.05) is 12.1 Å². The number of rotatable bonds is 1. The van der Waals surface area contributed by atoms with Gasteiger partial charge >= 0.3 is 0 Å². The van der Waals surface area contributed by atoms with E-state index in [2.05, 4.69) is 6.07 Å². The van der Waals surface area contributed by atoms with Gasteiger partial charge in [-0.25, -0.2) is 0 Å². The molecule has 65 valence electrons. The van der Waals surface area contributed by atoms with Crippen LogP contribution in [0.1, 0.15) is 0 Å². The van der Waals surface area contributed by atoms with Crippen molar-refractivity contribution in [3.63, 3.8) is 0 Å². The van der Waals surface area contributed by atoms with Crippen LogP contribution in [0.4, 0.5) is 0 Å². The zero-order chi connectivity index (χ0) is 9.26. The molecule has 2 heteroatoms. The van der Waals surface area contributed by atoms with Gasteiger partial charge in [0.25, 0.3) is 0 Å². The van der Waals surface area contributed by atoms with Crippen molar-refractivity contribution in [1.29, 1.82) is 0 Å². The highest BCUT2D eigenvalue weighted by Crippen LogP contribution is 2.24. The van der Waals surface area contributed by atoms with Crippen LogP contribution in [-0.4, -0.2) is 6.26 Å². The van der Waals surface area contributed by atoms with Gasteiger partial charge in [-0.05, 0) is 41.3 Å². The summed E-state index contributed by atoms with van der Waals surface area (Å²) < 4.78 is 0. The number of fused-ring (bicyclic) bond motifs is 1. The van der Waals surface area contributed by atoms with Crippen molar-refractivity contribution in [3.8, 4) is 5.75 Å². The fourth-order valence-electron chi connectivity index (χ4n) is 1.33. The Morgan fingerprint density at radius 2 is 1.69 bits per heavy atom. The molecular weight excluding hydrogens is 180 g/mol. The van der Waals surface area contributed by atoms with Gasteiger partial charge in [0.15, 0.2) is 5.75 Å². The van der Waals surface area contributed by atoms with Crippen molar-refractivity contribution in [3.05, 3.63) is 36.4 Å². The molecule has 0 fully saturated rings. The molecule has 0 N–H and O–H groups in total. The first-order valence-corrected chi connectivity index (χ1v) is 5.27. The zero-order valence-electron chi connectivity index (χ0n) is 7.28. The van der Waals surface area contributed by atoms with Gasteiger partial charge < -0.3 is 0 Å². The summed E-state index contributed by atoms with van der Waals surface area (Å²) in [6.45, 7) is 0. The quantitative estimate of drug-likeness (QED) is 0.626. The van der Waals surface area contributed by atoms with Gasteiger partial charge in [0.05, 0.1) is 0 Å². The van der Waals surface area contributed by atoms with Gasteiger partial charge in [-0.15, -0.1) is 11.8 Å². The molecule has 0 bridgehead atoms. The molecule has 0 aliphatic rings. The molecule has 0 saturated carbocycles. The number of hydrogen-bond acceptors (Lipinski definition) is 1. The highest BCUT2D eigenvalue weighted by Gasteiger charge is 1.97. The highest BCUT2D eigenvalue weighted by atomic mass is 32.2. The van der Waals surface area contributed by atoms with Gasteiger partial charge in [-0.2, -0.15) is 0 Å². The molecule has 2 aromatic rings. The molecule has 0 heterocycles. The number of thioether (sulfide) groups is 1. The normalized spacial score (nSPS) is 10.5. The topological polar surface area (TPSA) is 19.9 Å². The molecule has 1 nitrogen and oxygen atoms in total. The summed E-state index contributed by atoms with van der Waals surface area (Å²) in [5, 5.41) is 13.2. The summed E-state index contributed by atoms with van der Waals surface area (Å²) in [4.78, 5) is 1.23. The lowest BCUT2D eigenvalue weighted by atomic mass is 10.1. The fourth-order valence-corrected chi connectivity index (χ4v) is 1.78. The van der Waals surface area contributed by atoms with E-state index >= 15 is 0 Å². The highest BCUT2D eigenvalue weighted by molar-refractivity contribution is 7.98. The van der Waals surface area contributed by atoms with Crippen LogP contribution in [0.25, 0.3) is 10.8 Å². The third-order valence-electron chi connectivity index (χ3n) is 2.02. The first-order valence-electron chi connectivity index (χ1n) is 4.04. The minimum absolute atomic E-state index is 0.0735. The molecule has 1 radical (unpaired) electrons. The minimum Gasteiger partial charge on any atom is -0.290 e. The van der Waals surface area contributed by atoms with E-state index < -0.39 is 0 Å². The first kappa shape index (κ1) is 8.45. The molecule has 0 aliphatic heterocycles. The van der Waals surface area contributed by atoms with Crippen LogP contribution >= 0.6 is 11.8 Å². The molecule has 0 spiro atoms. The van der Waals surface area contributed by atoms with Crippen molar-refractivity contribution >= 4 is 22.5 Å². The van der Waals surface area contributed by atoms with E-state index in [1.54, 1.807) is 23.9 Å². The van der Waals surface area contributed by atoms with Crippen LogP contribution in [0.5, 0.6) is 5.75 Å². The van der Waals surface area contributed by atoms with Crippen LogP contribution in [0.3, 0.4) is 0 Å². The molecule has 0 amide bonds. The van der Waals surface area contributed by atoms with E-state index in [4.69, 9.17) is 0 Å². The average molecular weight is 189 g/mol. The van der Waals surface area contributed by atoms with Crippen molar-refractivity contribution in [1.82, 2.24) is 0 Å². The second-order valence-corrected chi connectivity index (χ2v) is 3.75. The molecule has 0 unspecified atom stereocenters. The predicted molar refractivity (Wildman–Crippen MR) is 55.9 cm³/mol. The second-order valence-electron chi connectivity index (χ2n) is 2.87. The summed E-state index contributed by atoms with van der Waals surface area (Å²) in [6, 6.07) is 11.3. The maximum atomic E-state index is 11.0. The van der Waals surface area contributed by atoms with Crippen molar-refractivity contribution in [2.75, 3.05) is 6.26 Å². The van der Waals surface area contributed by atoms with E-state index in [1.165, 1.54) is 4.90 Å². The van der Waals surface area contributed by atoms with E-state index in [9.17, 15) is 5.11 Å². The van der Waals surface area contributed by atoms with E-state index in [-0.39, 0.29) is 5.75 Å². The predicted octanol–water partition coefficient (Wildman–Crippen LogP) is 3.71. The largest absolute Gasteiger partial charge is 0.290 e. The van der Waals surface area contributed by atoms with Crippen molar-refractivity contribution in [2.24, 2.45) is 0 Å². The lowest BCUT2D eigenvalue weighted by Crippen LogP contribution is -1.73. The third-order valence-corrected chi connectivity index (χ3v) is 2.74. The Balaban J connectivity index is 2.66. The maximum Gasteiger partial charge on any atom is 0.179 e. The van der Waals surface area contributed by atoms with Gasteiger partial charge in [0.1, 0.15) is 0 Å². The molecule has 13 heavy (non-hydrogen) atoms. The third kappa shape index (κ3) is 1.63. The molecule has 0 saturated heterocycles.